The molecule has 0 bridgehead atoms. The van der Waals surface area contributed by atoms with Crippen molar-refractivity contribution in [2.45, 2.75) is 10.6 Å². The molecule has 0 fully saturated rings. The molecule has 7 rings (SSSR count). The van der Waals surface area contributed by atoms with Crippen molar-refractivity contribution in [1.29, 1.82) is 0 Å². The van der Waals surface area contributed by atoms with Gasteiger partial charge in [-0.25, -0.2) is 0 Å². The van der Waals surface area contributed by atoms with E-state index in [4.69, 9.17) is 18.6 Å². The number of hydrogen-bond acceptors (Lipinski definition) is 0. The Morgan fingerprint density at radius 1 is 0.605 bits per heavy atom. The third-order valence-electron chi connectivity index (χ3n) is 8.27. The SMILES string of the molecule is [Cl][Ti]([Cl])(=[C](c1ccccc1)c1ccccc1)([c]1cccc2c1Cc1ccccc1-2)[CH]1C=Cc2ccccc21. The standard InChI is InChI=1S/C13H9.C13H10.C9H7.2ClH.Ti/c1-3-7-12-10(5-1)9-11-6-2-4-8-13(11)12;1-3-7-12(8-4-1)11-13-9-5-2-6-10-13;1-2-5-9-7-3-6-8(9)4-1;;;/h1-5,7-8H,9H2;1-10H;1-7H;2*1H;/q;;;;;+2/p-2. The molecule has 2 aliphatic rings. The van der Waals surface area contributed by atoms with E-state index in [0.29, 0.717) is 0 Å². The molecule has 0 radical (unpaired) electrons. The third-order valence-corrected chi connectivity index (χ3v) is 20.5. The fraction of sp³-hybridized carbons (Fsp3) is 0.0571. The van der Waals surface area contributed by atoms with Crippen LogP contribution in [0.1, 0.15) is 37.6 Å². The van der Waals surface area contributed by atoms with Gasteiger partial charge in [-0.05, 0) is 0 Å². The molecular formula is C35H26Cl2Ti. The summed E-state index contributed by atoms with van der Waals surface area (Å²) in [5.41, 5.74) is 9.75. The predicted molar refractivity (Wildman–Crippen MR) is 160 cm³/mol. The van der Waals surface area contributed by atoms with Crippen LogP contribution < -0.4 is 3.87 Å². The van der Waals surface area contributed by atoms with E-state index >= 15 is 0 Å². The molecule has 0 saturated carbocycles. The van der Waals surface area contributed by atoms with E-state index in [-0.39, 0.29) is 4.22 Å². The van der Waals surface area contributed by atoms with Gasteiger partial charge in [-0.2, -0.15) is 0 Å². The van der Waals surface area contributed by atoms with E-state index in [1.807, 2.05) is 0 Å². The molecule has 0 amide bonds. The number of allylic oxidation sites excluding steroid dienone is 1. The Hall–Kier alpha value is -3.00. The van der Waals surface area contributed by atoms with Gasteiger partial charge < -0.3 is 0 Å². The van der Waals surface area contributed by atoms with Crippen LogP contribution in [0.25, 0.3) is 17.2 Å². The first-order valence-corrected chi connectivity index (χ1v) is 19.8. The summed E-state index contributed by atoms with van der Waals surface area (Å²) < 4.78 is 2.10. The maximum absolute atomic E-state index is 8.48. The number of hydrogen-bond donors (Lipinski definition) is 0. The van der Waals surface area contributed by atoms with Crippen LogP contribution in [0, 0.1) is 0 Å². The van der Waals surface area contributed by atoms with Gasteiger partial charge in [-0.15, -0.1) is 0 Å². The molecule has 1 atom stereocenters. The summed E-state index contributed by atoms with van der Waals surface area (Å²) in [5, 5.41) is 0. The average Bonchev–Trinajstić information content (AvgIpc) is 3.57. The summed E-state index contributed by atoms with van der Waals surface area (Å²) in [6.45, 7) is 0. The quantitative estimate of drug-likeness (QED) is 0.187. The van der Waals surface area contributed by atoms with Gasteiger partial charge in [0.25, 0.3) is 0 Å². The molecule has 5 aromatic carbocycles. The van der Waals surface area contributed by atoms with Crippen molar-refractivity contribution in [3.05, 3.63) is 167 Å². The molecule has 0 heterocycles. The first-order chi connectivity index (χ1) is 18.6. The Labute approximate surface area is 232 Å². The molecule has 0 saturated heterocycles. The summed E-state index contributed by atoms with van der Waals surface area (Å²) in [7, 11) is 17.0. The van der Waals surface area contributed by atoms with Crippen LogP contribution >= 0.6 is 18.6 Å². The van der Waals surface area contributed by atoms with E-state index in [1.54, 1.807) is 0 Å². The molecule has 0 spiro atoms. The first kappa shape index (κ1) is 24.1. The molecule has 0 aliphatic heterocycles. The number of halogens is 2. The second kappa shape index (κ2) is 9.04. The van der Waals surface area contributed by atoms with E-state index in [9.17, 15) is 0 Å². The summed E-state index contributed by atoms with van der Waals surface area (Å²) in [4.78, 5) is 0. The summed E-state index contributed by atoms with van der Waals surface area (Å²) in [5.74, 6) is 0. The Bertz CT molecular complexity index is 1750. The fourth-order valence-electron chi connectivity index (χ4n) is 6.64. The number of fused-ring (bicyclic) bond motifs is 4. The van der Waals surface area contributed by atoms with Crippen molar-refractivity contribution in [2.75, 3.05) is 0 Å². The summed E-state index contributed by atoms with van der Waals surface area (Å²) in [6, 6.07) is 45.0. The van der Waals surface area contributed by atoms with Crippen molar-refractivity contribution >= 4 is 32.4 Å². The third kappa shape index (κ3) is 3.52. The van der Waals surface area contributed by atoms with Gasteiger partial charge in [-0.1, -0.05) is 0 Å². The average molecular weight is 565 g/mol. The van der Waals surface area contributed by atoms with Crippen LogP contribution in [0.15, 0.2) is 133 Å². The van der Waals surface area contributed by atoms with E-state index in [0.717, 1.165) is 25.2 Å². The van der Waals surface area contributed by atoms with Crippen LogP contribution in [0.4, 0.5) is 0 Å². The van der Waals surface area contributed by atoms with Crippen molar-refractivity contribution in [3.63, 3.8) is 0 Å². The van der Waals surface area contributed by atoms with Gasteiger partial charge in [0, 0.05) is 0 Å². The van der Waals surface area contributed by atoms with Gasteiger partial charge in [0.1, 0.15) is 0 Å². The molecule has 0 aromatic heterocycles. The van der Waals surface area contributed by atoms with Crippen LogP contribution in [-0.4, -0.2) is 3.81 Å². The fourth-order valence-corrected chi connectivity index (χ4v) is 18.9. The second-order valence-electron chi connectivity index (χ2n) is 10.3. The summed E-state index contributed by atoms with van der Waals surface area (Å²) >= 11 is -5.00. The first-order valence-electron chi connectivity index (χ1n) is 13.1. The van der Waals surface area contributed by atoms with Crippen LogP contribution in [0.2, 0.25) is 0 Å². The minimum absolute atomic E-state index is 0.114. The Morgan fingerprint density at radius 2 is 1.21 bits per heavy atom. The Kier molecular flexibility index (Phi) is 5.73. The summed E-state index contributed by atoms with van der Waals surface area (Å²) in [6.07, 6.45) is 5.32. The van der Waals surface area contributed by atoms with Crippen LogP contribution in [0.5, 0.6) is 0 Å². The van der Waals surface area contributed by atoms with Crippen molar-refractivity contribution in [2.24, 2.45) is 0 Å². The van der Waals surface area contributed by atoms with Crippen LogP contribution in [-0.2, 0) is 19.1 Å². The van der Waals surface area contributed by atoms with Gasteiger partial charge in [0.2, 0.25) is 0 Å². The van der Waals surface area contributed by atoms with Gasteiger partial charge >= 0.3 is 234 Å². The molecule has 2 aliphatic carbocycles. The van der Waals surface area contributed by atoms with Gasteiger partial charge in [0.05, 0.1) is 0 Å². The molecule has 1 unspecified atom stereocenters. The molecular weight excluding hydrogens is 539 g/mol. The van der Waals surface area contributed by atoms with Gasteiger partial charge in [-0.3, -0.25) is 0 Å². The normalized spacial score (nSPS) is 15.6. The molecule has 184 valence electrons. The van der Waals surface area contributed by atoms with E-state index < -0.39 is 12.7 Å². The van der Waals surface area contributed by atoms with E-state index in [2.05, 4.69) is 140 Å². The zero-order chi connectivity index (χ0) is 25.8. The van der Waals surface area contributed by atoms with Crippen molar-refractivity contribution < 1.29 is 12.7 Å². The topological polar surface area (TPSA) is 0 Å². The molecule has 0 N–H and O–H groups in total. The Morgan fingerprint density at radius 3 is 1.95 bits per heavy atom. The van der Waals surface area contributed by atoms with E-state index in [1.165, 1.54) is 33.4 Å². The molecule has 0 nitrogen and oxygen atoms in total. The Balaban J connectivity index is 1.67. The molecule has 3 heteroatoms. The molecule has 5 aromatic rings. The number of rotatable bonds is 4. The molecule has 38 heavy (non-hydrogen) atoms. The van der Waals surface area contributed by atoms with Crippen molar-refractivity contribution in [1.82, 2.24) is 0 Å². The monoisotopic (exact) mass is 564 g/mol. The van der Waals surface area contributed by atoms with Crippen molar-refractivity contribution in [3.8, 4) is 11.1 Å². The maximum atomic E-state index is 8.48. The van der Waals surface area contributed by atoms with Gasteiger partial charge in [0.15, 0.2) is 0 Å². The zero-order valence-corrected chi connectivity index (χ0v) is 23.9. The zero-order valence-electron chi connectivity index (χ0n) is 20.8. The predicted octanol–water partition coefficient (Wildman–Crippen LogP) is 8.92. The number of benzene rings is 5. The minimum atomic E-state index is -5.00. The van der Waals surface area contributed by atoms with Crippen LogP contribution in [0.3, 0.4) is 0 Å². The second-order valence-corrected chi connectivity index (χ2v) is 23.6.